The van der Waals surface area contributed by atoms with Crippen LogP contribution in [0, 0.1) is 12.7 Å². The first-order valence-electron chi connectivity index (χ1n) is 6.74. The Kier molecular flexibility index (Phi) is 4.70. The van der Waals surface area contributed by atoms with Crippen LogP contribution in [0.25, 0.3) is 0 Å². The van der Waals surface area contributed by atoms with Gasteiger partial charge in [0.05, 0.1) is 12.5 Å². The Morgan fingerprint density at radius 2 is 1.95 bits per heavy atom. The summed E-state index contributed by atoms with van der Waals surface area (Å²) in [7, 11) is 1.66. The molecule has 0 aromatic heterocycles. The van der Waals surface area contributed by atoms with Gasteiger partial charge in [-0.05, 0) is 42.3 Å². The third kappa shape index (κ3) is 3.89. The molecule has 21 heavy (non-hydrogen) atoms. The Bertz CT molecular complexity index is 642. The number of nitrogens with zero attached hydrogens (tertiary/aromatic N) is 1. The highest BCUT2D eigenvalue weighted by atomic mass is 19.1. The van der Waals surface area contributed by atoms with Gasteiger partial charge >= 0.3 is 0 Å². The molecule has 0 radical (unpaired) electrons. The molecule has 2 rings (SSSR count). The molecule has 0 aliphatic carbocycles. The van der Waals surface area contributed by atoms with E-state index in [9.17, 15) is 14.3 Å². The van der Waals surface area contributed by atoms with Crippen molar-refractivity contribution in [1.29, 1.82) is 0 Å². The molecule has 0 aliphatic rings. The van der Waals surface area contributed by atoms with Gasteiger partial charge in [0.2, 0.25) is 5.91 Å². The van der Waals surface area contributed by atoms with Gasteiger partial charge in [0, 0.05) is 12.7 Å². The summed E-state index contributed by atoms with van der Waals surface area (Å²) in [5.74, 6) is -0.650. The summed E-state index contributed by atoms with van der Waals surface area (Å²) < 4.78 is 13.1. The molecule has 1 amide bonds. The van der Waals surface area contributed by atoms with E-state index < -0.39 is 11.9 Å². The normalized spacial score (nSPS) is 12.0. The van der Waals surface area contributed by atoms with E-state index in [-0.39, 0.29) is 12.3 Å². The predicted molar refractivity (Wildman–Crippen MR) is 80.6 cm³/mol. The summed E-state index contributed by atoms with van der Waals surface area (Å²) in [5, 5.41) is 10.1. The largest absolute Gasteiger partial charge is 0.388 e. The quantitative estimate of drug-likeness (QED) is 0.938. The summed E-state index contributed by atoms with van der Waals surface area (Å²) in [5.41, 5.74) is 2.23. The number of benzene rings is 2. The number of carbonyl (C=O) groups excluding carboxylic acids is 1. The van der Waals surface area contributed by atoms with Gasteiger partial charge in [-0.1, -0.05) is 24.3 Å². The molecule has 1 N–H and O–H groups in total. The minimum atomic E-state index is -1.01. The topological polar surface area (TPSA) is 40.5 Å². The Morgan fingerprint density at radius 3 is 2.62 bits per heavy atom. The highest BCUT2D eigenvalue weighted by Gasteiger charge is 2.17. The van der Waals surface area contributed by atoms with E-state index in [1.807, 2.05) is 31.2 Å². The highest BCUT2D eigenvalue weighted by Crippen LogP contribution is 2.21. The summed E-state index contributed by atoms with van der Waals surface area (Å²) in [6, 6.07) is 13.2. The second-order valence-electron chi connectivity index (χ2n) is 5.07. The lowest BCUT2D eigenvalue weighted by Crippen LogP contribution is -2.27. The van der Waals surface area contributed by atoms with Crippen LogP contribution >= 0.6 is 0 Å². The number of carbonyl (C=O) groups is 1. The minimum Gasteiger partial charge on any atom is -0.388 e. The van der Waals surface area contributed by atoms with Gasteiger partial charge in [0.25, 0.3) is 0 Å². The Labute approximate surface area is 123 Å². The lowest BCUT2D eigenvalue weighted by molar-refractivity contribution is -0.120. The van der Waals surface area contributed by atoms with Gasteiger partial charge in [-0.25, -0.2) is 4.39 Å². The van der Waals surface area contributed by atoms with Crippen molar-refractivity contribution in [3.63, 3.8) is 0 Å². The molecule has 1 unspecified atom stereocenters. The smallest absolute Gasteiger partial charge is 0.229 e. The zero-order valence-electron chi connectivity index (χ0n) is 12.1. The number of aryl methyl sites for hydroxylation is 1. The molecule has 1 atom stereocenters. The number of aliphatic hydroxyl groups is 1. The SMILES string of the molecule is Cc1cccc(N(C)C(=O)CC(O)c2cccc(F)c2)c1. The van der Waals surface area contributed by atoms with Gasteiger partial charge in [0.1, 0.15) is 5.82 Å². The van der Waals surface area contributed by atoms with Crippen LogP contribution in [0.4, 0.5) is 10.1 Å². The van der Waals surface area contributed by atoms with Crippen LogP contribution in [0.3, 0.4) is 0 Å². The molecular weight excluding hydrogens is 269 g/mol. The van der Waals surface area contributed by atoms with Crippen LogP contribution in [0.5, 0.6) is 0 Å². The number of rotatable bonds is 4. The van der Waals surface area contributed by atoms with Crippen molar-refractivity contribution in [3.8, 4) is 0 Å². The second-order valence-corrected chi connectivity index (χ2v) is 5.07. The highest BCUT2D eigenvalue weighted by molar-refractivity contribution is 5.93. The van der Waals surface area contributed by atoms with E-state index in [1.54, 1.807) is 13.1 Å². The molecule has 110 valence electrons. The van der Waals surface area contributed by atoms with Crippen LogP contribution in [-0.4, -0.2) is 18.1 Å². The van der Waals surface area contributed by atoms with E-state index in [0.717, 1.165) is 11.3 Å². The van der Waals surface area contributed by atoms with Crippen molar-refractivity contribution in [2.24, 2.45) is 0 Å². The van der Waals surface area contributed by atoms with Crippen molar-refractivity contribution in [2.45, 2.75) is 19.4 Å². The van der Waals surface area contributed by atoms with E-state index in [2.05, 4.69) is 0 Å². The first-order valence-corrected chi connectivity index (χ1v) is 6.74. The Balaban J connectivity index is 2.07. The number of anilines is 1. The zero-order valence-corrected chi connectivity index (χ0v) is 12.1. The van der Waals surface area contributed by atoms with Gasteiger partial charge in [-0.15, -0.1) is 0 Å². The predicted octanol–water partition coefficient (Wildman–Crippen LogP) is 3.22. The molecule has 2 aromatic rings. The molecule has 0 spiro atoms. The minimum absolute atomic E-state index is 0.0894. The molecule has 0 saturated carbocycles. The second kappa shape index (κ2) is 6.50. The van der Waals surface area contributed by atoms with Gasteiger partial charge in [-0.2, -0.15) is 0 Å². The third-order valence-electron chi connectivity index (χ3n) is 3.36. The van der Waals surface area contributed by atoms with Crippen molar-refractivity contribution in [2.75, 3.05) is 11.9 Å². The maximum absolute atomic E-state index is 13.1. The maximum atomic E-state index is 13.1. The number of aliphatic hydroxyl groups excluding tert-OH is 1. The Morgan fingerprint density at radius 1 is 1.24 bits per heavy atom. The fraction of sp³-hybridized carbons (Fsp3) is 0.235. The van der Waals surface area contributed by atoms with E-state index in [1.165, 1.54) is 23.1 Å². The van der Waals surface area contributed by atoms with Gasteiger partial charge < -0.3 is 10.0 Å². The fourth-order valence-electron chi connectivity index (χ4n) is 2.11. The van der Waals surface area contributed by atoms with Crippen molar-refractivity contribution in [1.82, 2.24) is 0 Å². The van der Waals surface area contributed by atoms with Crippen molar-refractivity contribution >= 4 is 11.6 Å². The van der Waals surface area contributed by atoms with Gasteiger partial charge in [0.15, 0.2) is 0 Å². The summed E-state index contributed by atoms with van der Waals surface area (Å²) >= 11 is 0. The number of amides is 1. The van der Waals surface area contributed by atoms with E-state index in [4.69, 9.17) is 0 Å². The van der Waals surface area contributed by atoms with E-state index in [0.29, 0.717) is 5.56 Å². The standard InChI is InChI=1S/C17H18FNO2/c1-12-5-3-8-15(9-12)19(2)17(21)11-16(20)13-6-4-7-14(18)10-13/h3-10,16,20H,11H2,1-2H3. The van der Waals surface area contributed by atoms with Crippen LogP contribution in [0.15, 0.2) is 48.5 Å². The molecule has 0 saturated heterocycles. The average molecular weight is 287 g/mol. The van der Waals surface area contributed by atoms with Crippen LogP contribution in [-0.2, 0) is 4.79 Å². The van der Waals surface area contributed by atoms with Crippen LogP contribution < -0.4 is 4.90 Å². The number of hydrogen-bond donors (Lipinski definition) is 1. The zero-order chi connectivity index (χ0) is 15.4. The van der Waals surface area contributed by atoms with Crippen molar-refractivity contribution < 1.29 is 14.3 Å². The van der Waals surface area contributed by atoms with Crippen LogP contribution in [0.1, 0.15) is 23.7 Å². The molecule has 0 aliphatic heterocycles. The monoisotopic (exact) mass is 287 g/mol. The summed E-state index contributed by atoms with van der Waals surface area (Å²) in [6.07, 6.45) is -1.10. The summed E-state index contributed by atoms with van der Waals surface area (Å²) in [4.78, 5) is 13.7. The maximum Gasteiger partial charge on any atom is 0.229 e. The molecule has 0 fully saturated rings. The van der Waals surface area contributed by atoms with Crippen molar-refractivity contribution in [3.05, 3.63) is 65.5 Å². The summed E-state index contributed by atoms with van der Waals surface area (Å²) in [6.45, 7) is 1.95. The van der Waals surface area contributed by atoms with Gasteiger partial charge in [-0.3, -0.25) is 4.79 Å². The molecule has 3 nitrogen and oxygen atoms in total. The number of halogens is 1. The fourth-order valence-corrected chi connectivity index (χ4v) is 2.11. The number of hydrogen-bond acceptors (Lipinski definition) is 2. The van der Waals surface area contributed by atoms with Crippen LogP contribution in [0.2, 0.25) is 0 Å². The first kappa shape index (κ1) is 15.2. The lowest BCUT2D eigenvalue weighted by Gasteiger charge is -2.20. The third-order valence-corrected chi connectivity index (χ3v) is 3.36. The molecular formula is C17H18FNO2. The molecule has 0 heterocycles. The average Bonchev–Trinajstić information content (AvgIpc) is 2.46. The Hall–Kier alpha value is -2.20. The first-order chi connectivity index (χ1) is 9.97. The van der Waals surface area contributed by atoms with E-state index >= 15 is 0 Å². The lowest BCUT2D eigenvalue weighted by atomic mass is 10.1. The molecule has 4 heteroatoms. The molecule has 2 aromatic carbocycles. The molecule has 0 bridgehead atoms.